The summed E-state index contributed by atoms with van der Waals surface area (Å²) in [5.41, 5.74) is 1.36. The number of aliphatic hydroxyl groups is 1. The smallest absolute Gasteiger partial charge is 0.0758 e. The molecule has 0 bridgehead atoms. The second-order valence-corrected chi connectivity index (χ2v) is 7.22. The van der Waals surface area contributed by atoms with E-state index in [1.165, 1.54) is 36.4 Å². The van der Waals surface area contributed by atoms with Gasteiger partial charge in [0.1, 0.15) is 0 Å². The SMILES string of the molecule is OC1C=CC(CN2CCC(Sc3ccccc3)CC2)=CC1. The van der Waals surface area contributed by atoms with Crippen LogP contribution in [0.4, 0.5) is 0 Å². The van der Waals surface area contributed by atoms with Crippen LogP contribution in [0.5, 0.6) is 0 Å². The van der Waals surface area contributed by atoms with Crippen LogP contribution >= 0.6 is 11.8 Å². The van der Waals surface area contributed by atoms with Crippen LogP contribution in [0.2, 0.25) is 0 Å². The van der Waals surface area contributed by atoms with Crippen molar-refractivity contribution in [3.05, 3.63) is 54.1 Å². The molecule has 3 rings (SSSR count). The minimum absolute atomic E-state index is 0.276. The maximum absolute atomic E-state index is 9.46. The van der Waals surface area contributed by atoms with Crippen LogP contribution in [0.25, 0.3) is 0 Å². The third-order valence-electron chi connectivity index (χ3n) is 4.14. The van der Waals surface area contributed by atoms with E-state index in [0.717, 1.165) is 18.2 Å². The van der Waals surface area contributed by atoms with E-state index in [-0.39, 0.29) is 6.10 Å². The summed E-state index contributed by atoms with van der Waals surface area (Å²) in [7, 11) is 0. The highest BCUT2D eigenvalue weighted by Gasteiger charge is 2.20. The number of hydrogen-bond donors (Lipinski definition) is 1. The van der Waals surface area contributed by atoms with E-state index in [4.69, 9.17) is 0 Å². The summed E-state index contributed by atoms with van der Waals surface area (Å²) in [5.74, 6) is 0. The third-order valence-corrected chi connectivity index (χ3v) is 5.49. The van der Waals surface area contributed by atoms with Crippen molar-refractivity contribution in [2.24, 2.45) is 0 Å². The van der Waals surface area contributed by atoms with Gasteiger partial charge in [-0.25, -0.2) is 0 Å². The Hall–Kier alpha value is -1.03. The molecule has 2 nitrogen and oxygen atoms in total. The van der Waals surface area contributed by atoms with E-state index in [2.05, 4.69) is 47.4 Å². The lowest BCUT2D eigenvalue weighted by Crippen LogP contribution is -2.36. The largest absolute Gasteiger partial charge is 0.389 e. The molecule has 112 valence electrons. The number of likely N-dealkylation sites (tertiary alicyclic amines) is 1. The molecular weight excluding hydrogens is 278 g/mol. The fourth-order valence-electron chi connectivity index (χ4n) is 2.91. The van der Waals surface area contributed by atoms with E-state index >= 15 is 0 Å². The van der Waals surface area contributed by atoms with Crippen molar-refractivity contribution in [1.29, 1.82) is 0 Å². The van der Waals surface area contributed by atoms with Crippen LogP contribution in [0, 0.1) is 0 Å². The minimum atomic E-state index is -0.276. The number of nitrogens with zero attached hydrogens (tertiary/aromatic N) is 1. The van der Waals surface area contributed by atoms with Crippen LogP contribution in [0.1, 0.15) is 19.3 Å². The molecule has 0 radical (unpaired) electrons. The average Bonchev–Trinajstić information content (AvgIpc) is 2.53. The van der Waals surface area contributed by atoms with Gasteiger partial charge in [-0.3, -0.25) is 4.90 Å². The molecule has 1 aromatic rings. The maximum atomic E-state index is 9.46. The van der Waals surface area contributed by atoms with Crippen molar-refractivity contribution in [2.75, 3.05) is 19.6 Å². The highest BCUT2D eigenvalue weighted by molar-refractivity contribution is 8.00. The molecule has 2 aliphatic rings. The summed E-state index contributed by atoms with van der Waals surface area (Å²) in [6.45, 7) is 3.39. The second kappa shape index (κ2) is 7.30. The lowest BCUT2D eigenvalue weighted by atomic mass is 10.0. The molecule has 3 heteroatoms. The summed E-state index contributed by atoms with van der Waals surface area (Å²) in [6.07, 6.45) is 9.19. The van der Waals surface area contributed by atoms with Crippen molar-refractivity contribution in [3.8, 4) is 0 Å². The van der Waals surface area contributed by atoms with Crippen LogP contribution in [-0.2, 0) is 0 Å². The molecule has 1 fully saturated rings. The van der Waals surface area contributed by atoms with Crippen LogP contribution in [0.3, 0.4) is 0 Å². The predicted octanol–water partition coefficient (Wildman–Crippen LogP) is 3.49. The molecule has 1 aliphatic heterocycles. The molecule has 1 aromatic carbocycles. The quantitative estimate of drug-likeness (QED) is 0.921. The average molecular weight is 301 g/mol. The Morgan fingerprint density at radius 1 is 1.14 bits per heavy atom. The van der Waals surface area contributed by atoms with E-state index in [0.29, 0.717) is 0 Å². The van der Waals surface area contributed by atoms with Crippen LogP contribution in [0.15, 0.2) is 59.0 Å². The second-order valence-electron chi connectivity index (χ2n) is 5.85. The molecule has 1 unspecified atom stereocenters. The first kappa shape index (κ1) is 14.9. The Morgan fingerprint density at radius 2 is 1.90 bits per heavy atom. The summed E-state index contributed by atoms with van der Waals surface area (Å²) < 4.78 is 0. The van der Waals surface area contributed by atoms with Gasteiger partial charge in [-0.1, -0.05) is 36.4 Å². The van der Waals surface area contributed by atoms with Gasteiger partial charge in [0, 0.05) is 16.7 Å². The molecule has 1 N–H and O–H groups in total. The first-order valence-electron chi connectivity index (χ1n) is 7.79. The Balaban J connectivity index is 1.44. The molecule has 1 atom stereocenters. The highest BCUT2D eigenvalue weighted by atomic mass is 32.2. The molecule has 0 aromatic heterocycles. The van der Waals surface area contributed by atoms with Crippen LogP contribution in [-0.4, -0.2) is 41.0 Å². The Bertz CT molecular complexity index is 503. The van der Waals surface area contributed by atoms with Gasteiger partial charge in [0.05, 0.1) is 6.10 Å². The predicted molar refractivity (Wildman–Crippen MR) is 89.6 cm³/mol. The van der Waals surface area contributed by atoms with Crippen LogP contribution < -0.4 is 0 Å². The highest BCUT2D eigenvalue weighted by Crippen LogP contribution is 2.30. The van der Waals surface area contributed by atoms with E-state index in [1.807, 2.05) is 17.8 Å². The fourth-order valence-corrected chi connectivity index (χ4v) is 4.05. The van der Waals surface area contributed by atoms with Gasteiger partial charge in [-0.15, -0.1) is 11.8 Å². The van der Waals surface area contributed by atoms with Crippen molar-refractivity contribution in [3.63, 3.8) is 0 Å². The minimum Gasteiger partial charge on any atom is -0.389 e. The molecule has 0 amide bonds. The van der Waals surface area contributed by atoms with Gasteiger partial charge >= 0.3 is 0 Å². The molecule has 1 saturated heterocycles. The molecule has 21 heavy (non-hydrogen) atoms. The van der Waals surface area contributed by atoms with E-state index < -0.39 is 0 Å². The van der Waals surface area contributed by atoms with Gasteiger partial charge in [0.2, 0.25) is 0 Å². The first-order valence-corrected chi connectivity index (χ1v) is 8.67. The lowest BCUT2D eigenvalue weighted by molar-refractivity contribution is 0.222. The number of benzene rings is 1. The standard InChI is InChI=1S/C18H23NOS/c20-16-8-6-15(7-9-16)14-19-12-10-18(11-13-19)21-17-4-2-1-3-5-17/h1-8,16,18,20H,9-14H2. The number of hydrogen-bond acceptors (Lipinski definition) is 3. The molecule has 1 aliphatic carbocycles. The van der Waals surface area contributed by atoms with Crippen molar-refractivity contribution in [1.82, 2.24) is 4.90 Å². The number of aliphatic hydroxyl groups excluding tert-OH is 1. The first-order chi connectivity index (χ1) is 10.3. The molecule has 1 heterocycles. The molecular formula is C18H23NOS. The summed E-state index contributed by atoms with van der Waals surface area (Å²) in [6, 6.07) is 10.7. The Labute approximate surface area is 131 Å². The normalized spacial score (nSPS) is 24.0. The van der Waals surface area contributed by atoms with Gasteiger partial charge in [0.15, 0.2) is 0 Å². The summed E-state index contributed by atoms with van der Waals surface area (Å²) in [5, 5.41) is 10.2. The summed E-state index contributed by atoms with van der Waals surface area (Å²) >= 11 is 2.02. The molecule has 0 spiro atoms. The third kappa shape index (κ3) is 4.47. The maximum Gasteiger partial charge on any atom is 0.0758 e. The van der Waals surface area contributed by atoms with Gasteiger partial charge < -0.3 is 5.11 Å². The van der Waals surface area contributed by atoms with E-state index in [9.17, 15) is 5.11 Å². The zero-order valence-electron chi connectivity index (χ0n) is 12.3. The number of rotatable bonds is 4. The Kier molecular flexibility index (Phi) is 5.17. The lowest BCUT2D eigenvalue weighted by Gasteiger charge is -2.32. The molecule has 0 saturated carbocycles. The zero-order valence-corrected chi connectivity index (χ0v) is 13.1. The Morgan fingerprint density at radius 3 is 2.57 bits per heavy atom. The van der Waals surface area contributed by atoms with Gasteiger partial charge in [-0.05, 0) is 50.1 Å². The fraction of sp³-hybridized carbons (Fsp3) is 0.444. The van der Waals surface area contributed by atoms with E-state index in [1.54, 1.807) is 0 Å². The van der Waals surface area contributed by atoms with Crippen molar-refractivity contribution < 1.29 is 5.11 Å². The summed E-state index contributed by atoms with van der Waals surface area (Å²) in [4.78, 5) is 3.93. The topological polar surface area (TPSA) is 23.5 Å². The van der Waals surface area contributed by atoms with Gasteiger partial charge in [-0.2, -0.15) is 0 Å². The monoisotopic (exact) mass is 301 g/mol. The number of piperidine rings is 1. The van der Waals surface area contributed by atoms with Gasteiger partial charge in [0.25, 0.3) is 0 Å². The van der Waals surface area contributed by atoms with Crippen molar-refractivity contribution >= 4 is 11.8 Å². The number of thioether (sulfide) groups is 1. The zero-order chi connectivity index (χ0) is 14.5. The van der Waals surface area contributed by atoms with Crippen molar-refractivity contribution in [2.45, 2.75) is 35.5 Å².